The number of piperidine rings is 1. The van der Waals surface area contributed by atoms with Crippen LogP contribution in [0, 0.1) is 5.82 Å². The van der Waals surface area contributed by atoms with Crippen LogP contribution < -0.4 is 0 Å². The number of fused-ring (bicyclic) bond motifs is 1. The van der Waals surface area contributed by atoms with Crippen LogP contribution in [0.25, 0.3) is 10.9 Å². The number of likely N-dealkylation sites (tertiary alicyclic amines) is 1. The summed E-state index contributed by atoms with van der Waals surface area (Å²) in [5.74, 6) is 0.683. The predicted molar refractivity (Wildman–Crippen MR) is 102 cm³/mol. The van der Waals surface area contributed by atoms with E-state index in [1.54, 1.807) is 24.3 Å². The molecule has 1 saturated heterocycles. The molecule has 1 aromatic carbocycles. The quantitative estimate of drug-likeness (QED) is 0.699. The Hall–Kier alpha value is -2.76. The minimum atomic E-state index is -0.405. The van der Waals surface area contributed by atoms with Crippen molar-refractivity contribution in [2.75, 3.05) is 13.1 Å². The van der Waals surface area contributed by atoms with Crippen molar-refractivity contribution in [2.24, 2.45) is 0 Å². The molecule has 0 bridgehead atoms. The van der Waals surface area contributed by atoms with Gasteiger partial charge in [0.1, 0.15) is 22.9 Å². The van der Waals surface area contributed by atoms with Crippen LogP contribution in [-0.2, 0) is 0 Å². The predicted octanol–water partition coefficient (Wildman–Crippen LogP) is 4.17. The van der Waals surface area contributed by atoms with Crippen LogP contribution in [0.15, 0.2) is 42.7 Å². The molecule has 1 atom stereocenters. The Kier molecular flexibility index (Phi) is 4.64. The smallest absolute Gasteiger partial charge is 0.272 e. The number of halogens is 1. The fourth-order valence-corrected chi connectivity index (χ4v) is 3.84. The maximum atomic E-state index is 14.0. The molecule has 1 amide bonds. The van der Waals surface area contributed by atoms with Crippen molar-refractivity contribution in [2.45, 2.75) is 38.6 Å². The number of hydrogen-bond acceptors (Lipinski definition) is 3. The molecular formula is C21H23FN4O. The lowest BCUT2D eigenvalue weighted by atomic mass is 9.96. The van der Waals surface area contributed by atoms with E-state index in [1.165, 1.54) is 6.07 Å². The molecule has 0 aliphatic carbocycles. The van der Waals surface area contributed by atoms with Crippen LogP contribution in [0.2, 0.25) is 0 Å². The summed E-state index contributed by atoms with van der Waals surface area (Å²) in [6.07, 6.45) is 5.74. The molecule has 5 nitrogen and oxygen atoms in total. The summed E-state index contributed by atoms with van der Waals surface area (Å²) >= 11 is 0. The monoisotopic (exact) mass is 366 g/mol. The highest BCUT2D eigenvalue weighted by molar-refractivity contribution is 5.95. The molecule has 3 heterocycles. The number of aromatic nitrogens is 3. The van der Waals surface area contributed by atoms with E-state index in [2.05, 4.69) is 28.4 Å². The van der Waals surface area contributed by atoms with Crippen molar-refractivity contribution in [1.82, 2.24) is 19.4 Å². The van der Waals surface area contributed by atoms with Gasteiger partial charge in [-0.1, -0.05) is 18.2 Å². The number of benzene rings is 1. The fraction of sp³-hybridized carbons (Fsp3) is 0.381. The Balaban J connectivity index is 1.59. The second-order valence-corrected chi connectivity index (χ2v) is 7.38. The topological polar surface area (TPSA) is 51.0 Å². The molecule has 0 saturated carbocycles. The largest absolute Gasteiger partial charge is 0.337 e. The van der Waals surface area contributed by atoms with Gasteiger partial charge in [0, 0.05) is 42.8 Å². The summed E-state index contributed by atoms with van der Waals surface area (Å²) in [5.41, 5.74) is 0.535. The van der Waals surface area contributed by atoms with Gasteiger partial charge in [-0.05, 0) is 38.8 Å². The van der Waals surface area contributed by atoms with Crippen molar-refractivity contribution in [3.63, 3.8) is 0 Å². The second-order valence-electron chi connectivity index (χ2n) is 7.38. The Morgan fingerprint density at radius 1 is 1.26 bits per heavy atom. The summed E-state index contributed by atoms with van der Waals surface area (Å²) in [6.45, 7) is 5.56. The van der Waals surface area contributed by atoms with Gasteiger partial charge in [-0.25, -0.2) is 14.4 Å². The van der Waals surface area contributed by atoms with E-state index in [1.807, 2.05) is 17.3 Å². The maximum absolute atomic E-state index is 14.0. The number of nitrogens with zero attached hydrogens (tertiary/aromatic N) is 4. The molecule has 0 N–H and O–H groups in total. The van der Waals surface area contributed by atoms with Gasteiger partial charge in [0.05, 0.1) is 0 Å². The zero-order valence-electron chi connectivity index (χ0n) is 15.6. The van der Waals surface area contributed by atoms with Crippen LogP contribution >= 0.6 is 0 Å². The van der Waals surface area contributed by atoms with Gasteiger partial charge >= 0.3 is 0 Å². The summed E-state index contributed by atoms with van der Waals surface area (Å²) in [7, 11) is 0. The summed E-state index contributed by atoms with van der Waals surface area (Å²) < 4.78 is 16.2. The van der Waals surface area contributed by atoms with Crippen molar-refractivity contribution in [3.8, 4) is 0 Å². The zero-order valence-corrected chi connectivity index (χ0v) is 15.6. The van der Waals surface area contributed by atoms with Crippen LogP contribution in [-0.4, -0.2) is 38.4 Å². The first-order valence-corrected chi connectivity index (χ1v) is 9.42. The third-order valence-corrected chi connectivity index (χ3v) is 5.22. The Morgan fingerprint density at radius 2 is 2.11 bits per heavy atom. The van der Waals surface area contributed by atoms with Crippen LogP contribution in [0.5, 0.6) is 0 Å². The van der Waals surface area contributed by atoms with E-state index >= 15 is 0 Å². The van der Waals surface area contributed by atoms with Crippen molar-refractivity contribution < 1.29 is 9.18 Å². The maximum Gasteiger partial charge on any atom is 0.272 e. The second kappa shape index (κ2) is 7.10. The molecule has 1 aliphatic heterocycles. The number of amides is 1. The number of rotatable bonds is 3. The first kappa shape index (κ1) is 17.6. The van der Waals surface area contributed by atoms with Gasteiger partial charge in [0.15, 0.2) is 0 Å². The third-order valence-electron chi connectivity index (χ3n) is 5.22. The first-order valence-electron chi connectivity index (χ1n) is 9.42. The molecular weight excluding hydrogens is 343 g/mol. The van der Waals surface area contributed by atoms with E-state index in [-0.39, 0.29) is 17.3 Å². The zero-order chi connectivity index (χ0) is 19.0. The lowest BCUT2D eigenvalue weighted by Crippen LogP contribution is -2.40. The first-order chi connectivity index (χ1) is 13.0. The normalized spacial score (nSPS) is 17.6. The summed E-state index contributed by atoms with van der Waals surface area (Å²) in [5, 5.41) is 0.696. The molecule has 6 heteroatoms. The van der Waals surface area contributed by atoms with Gasteiger partial charge in [0.2, 0.25) is 0 Å². The van der Waals surface area contributed by atoms with Gasteiger partial charge in [-0.15, -0.1) is 0 Å². The van der Waals surface area contributed by atoms with Gasteiger partial charge < -0.3 is 9.47 Å². The van der Waals surface area contributed by atoms with Crippen LogP contribution in [0.3, 0.4) is 0 Å². The summed E-state index contributed by atoms with van der Waals surface area (Å²) in [6, 6.07) is 8.58. The standard InChI is InChI=1S/C21H23FN4O/c1-14(2)26-12-10-23-20(26)16-6-4-11-25(13-16)21(27)18-9-8-15-5-3-7-17(22)19(15)24-18/h3,5,7-10,12,14,16H,4,6,11,13H2,1-2H3/t16-/m1/s1. The number of carbonyl (C=O) groups excluding carboxylic acids is 1. The highest BCUT2D eigenvalue weighted by atomic mass is 19.1. The lowest BCUT2D eigenvalue weighted by Gasteiger charge is -2.33. The van der Waals surface area contributed by atoms with Crippen molar-refractivity contribution in [3.05, 3.63) is 60.1 Å². The fourth-order valence-electron chi connectivity index (χ4n) is 3.84. The number of carbonyl (C=O) groups is 1. The molecule has 4 rings (SSSR count). The molecule has 140 valence electrons. The molecule has 0 radical (unpaired) electrons. The average Bonchev–Trinajstić information content (AvgIpc) is 3.18. The SMILES string of the molecule is CC(C)n1ccnc1[C@@H]1CCCN(C(=O)c2ccc3cccc(F)c3n2)C1. The lowest BCUT2D eigenvalue weighted by molar-refractivity contribution is 0.0697. The Bertz CT molecular complexity index is 981. The van der Waals surface area contributed by atoms with Gasteiger partial charge in [-0.3, -0.25) is 4.79 Å². The van der Waals surface area contributed by atoms with Crippen molar-refractivity contribution in [1.29, 1.82) is 0 Å². The Labute approximate surface area is 157 Å². The average molecular weight is 366 g/mol. The molecule has 2 aromatic heterocycles. The highest BCUT2D eigenvalue weighted by Gasteiger charge is 2.29. The van der Waals surface area contributed by atoms with Crippen LogP contribution in [0.4, 0.5) is 4.39 Å². The van der Waals surface area contributed by atoms with Gasteiger partial charge in [-0.2, -0.15) is 0 Å². The summed E-state index contributed by atoms with van der Waals surface area (Å²) in [4.78, 5) is 23.7. The molecule has 1 aliphatic rings. The minimum Gasteiger partial charge on any atom is -0.337 e. The van der Waals surface area contributed by atoms with Gasteiger partial charge in [0.25, 0.3) is 5.91 Å². The molecule has 27 heavy (non-hydrogen) atoms. The van der Waals surface area contributed by atoms with Crippen molar-refractivity contribution >= 4 is 16.8 Å². The van der Waals surface area contributed by atoms with E-state index in [9.17, 15) is 9.18 Å². The molecule has 3 aromatic rings. The highest BCUT2D eigenvalue weighted by Crippen LogP contribution is 2.28. The minimum absolute atomic E-state index is 0.146. The molecule has 1 fully saturated rings. The number of para-hydroxylation sites is 1. The van der Waals surface area contributed by atoms with E-state index < -0.39 is 5.82 Å². The van der Waals surface area contributed by atoms with E-state index in [4.69, 9.17) is 0 Å². The number of hydrogen-bond donors (Lipinski definition) is 0. The molecule has 0 unspecified atom stereocenters. The van der Waals surface area contributed by atoms with E-state index in [0.29, 0.717) is 30.2 Å². The number of imidazole rings is 1. The third kappa shape index (κ3) is 3.31. The number of pyridine rings is 1. The van der Waals surface area contributed by atoms with Crippen LogP contribution in [0.1, 0.15) is 55.0 Å². The molecule has 0 spiro atoms. The van der Waals surface area contributed by atoms with E-state index in [0.717, 1.165) is 18.7 Å². The Morgan fingerprint density at radius 3 is 2.93 bits per heavy atom.